The summed E-state index contributed by atoms with van der Waals surface area (Å²) in [5, 5.41) is 5.31. The van der Waals surface area contributed by atoms with Crippen molar-refractivity contribution in [3.63, 3.8) is 0 Å². The number of hydrogen-bond acceptors (Lipinski definition) is 6. The van der Waals surface area contributed by atoms with Gasteiger partial charge in [-0.2, -0.15) is 0 Å². The number of hydrogen-bond donors (Lipinski definition) is 1. The molecule has 25 heavy (non-hydrogen) atoms. The lowest BCUT2D eigenvalue weighted by Gasteiger charge is -2.36. The zero-order valence-electron chi connectivity index (χ0n) is 14.4. The SMILES string of the molecule is C[C@@H]1CNCCN1CC(=O)N(Cc1cccs1)C1CCS(=O)(=O)C1.Cl. The van der Waals surface area contributed by atoms with Gasteiger partial charge in [0, 0.05) is 36.6 Å². The average molecular weight is 408 g/mol. The second-order valence-corrected chi connectivity index (χ2v) is 9.94. The van der Waals surface area contributed by atoms with Crippen LogP contribution in [0.3, 0.4) is 0 Å². The first-order valence-corrected chi connectivity index (χ1v) is 11.1. The fourth-order valence-electron chi connectivity index (χ4n) is 3.40. The highest BCUT2D eigenvalue weighted by Crippen LogP contribution is 2.22. The molecule has 1 aromatic heterocycles. The fraction of sp³-hybridized carbons (Fsp3) is 0.688. The summed E-state index contributed by atoms with van der Waals surface area (Å²) >= 11 is 1.61. The highest BCUT2D eigenvalue weighted by Gasteiger charge is 2.35. The number of rotatable bonds is 5. The van der Waals surface area contributed by atoms with Crippen molar-refractivity contribution < 1.29 is 13.2 Å². The van der Waals surface area contributed by atoms with Crippen LogP contribution in [0, 0.1) is 0 Å². The molecule has 0 radical (unpaired) electrons. The van der Waals surface area contributed by atoms with Gasteiger partial charge in [-0.05, 0) is 24.8 Å². The van der Waals surface area contributed by atoms with Gasteiger partial charge in [0.15, 0.2) is 9.84 Å². The Balaban J connectivity index is 0.00000225. The zero-order valence-corrected chi connectivity index (χ0v) is 16.8. The van der Waals surface area contributed by atoms with E-state index in [0.29, 0.717) is 25.6 Å². The highest BCUT2D eigenvalue weighted by molar-refractivity contribution is 7.91. The molecule has 6 nitrogen and oxygen atoms in total. The van der Waals surface area contributed by atoms with Crippen molar-refractivity contribution >= 4 is 39.5 Å². The Labute approximate surface area is 159 Å². The van der Waals surface area contributed by atoms with Crippen LogP contribution in [-0.4, -0.2) is 73.9 Å². The molecule has 1 N–H and O–H groups in total. The summed E-state index contributed by atoms with van der Waals surface area (Å²) in [6.45, 7) is 5.62. The third-order valence-corrected chi connectivity index (χ3v) is 7.46. The van der Waals surface area contributed by atoms with Gasteiger partial charge in [0.2, 0.25) is 5.91 Å². The number of carbonyl (C=O) groups is 1. The van der Waals surface area contributed by atoms with E-state index >= 15 is 0 Å². The first kappa shape index (κ1) is 20.6. The predicted molar refractivity (Wildman–Crippen MR) is 103 cm³/mol. The second kappa shape index (κ2) is 8.81. The Morgan fingerprint density at radius 1 is 1.48 bits per heavy atom. The molecule has 3 rings (SSSR count). The molecule has 9 heteroatoms. The minimum absolute atomic E-state index is 0. The molecule has 1 aromatic rings. The molecular weight excluding hydrogens is 382 g/mol. The van der Waals surface area contributed by atoms with Gasteiger partial charge in [0.05, 0.1) is 24.6 Å². The number of nitrogens with one attached hydrogen (secondary N) is 1. The molecule has 2 aliphatic heterocycles. The zero-order chi connectivity index (χ0) is 17.2. The lowest BCUT2D eigenvalue weighted by molar-refractivity contribution is -0.135. The van der Waals surface area contributed by atoms with E-state index in [0.717, 1.165) is 24.5 Å². The quantitative estimate of drug-likeness (QED) is 0.787. The van der Waals surface area contributed by atoms with E-state index in [1.54, 1.807) is 16.2 Å². The largest absolute Gasteiger partial charge is 0.332 e. The molecule has 2 saturated heterocycles. The minimum atomic E-state index is -3.01. The lowest BCUT2D eigenvalue weighted by atomic mass is 10.2. The van der Waals surface area contributed by atoms with Gasteiger partial charge >= 0.3 is 0 Å². The van der Waals surface area contributed by atoms with Crippen LogP contribution in [0.2, 0.25) is 0 Å². The van der Waals surface area contributed by atoms with Gasteiger partial charge < -0.3 is 10.2 Å². The molecule has 0 aliphatic carbocycles. The van der Waals surface area contributed by atoms with Crippen molar-refractivity contribution in [2.45, 2.75) is 32.0 Å². The van der Waals surface area contributed by atoms with Crippen LogP contribution in [-0.2, 0) is 21.2 Å². The summed E-state index contributed by atoms with van der Waals surface area (Å²) in [7, 11) is -3.01. The normalized spacial score (nSPS) is 26.1. The second-order valence-electron chi connectivity index (χ2n) is 6.68. The van der Waals surface area contributed by atoms with Crippen LogP contribution < -0.4 is 5.32 Å². The van der Waals surface area contributed by atoms with Crippen molar-refractivity contribution in [3.05, 3.63) is 22.4 Å². The van der Waals surface area contributed by atoms with Gasteiger partial charge in [-0.3, -0.25) is 9.69 Å². The van der Waals surface area contributed by atoms with E-state index in [2.05, 4.69) is 17.1 Å². The molecule has 0 aromatic carbocycles. The smallest absolute Gasteiger partial charge is 0.237 e. The summed E-state index contributed by atoms with van der Waals surface area (Å²) in [5.74, 6) is 0.330. The Hall–Kier alpha value is -0.670. The molecular formula is C16H26ClN3O3S2. The summed E-state index contributed by atoms with van der Waals surface area (Å²) in [6.07, 6.45) is 0.552. The number of amides is 1. The van der Waals surface area contributed by atoms with E-state index in [-0.39, 0.29) is 35.9 Å². The van der Waals surface area contributed by atoms with E-state index in [1.807, 2.05) is 17.5 Å². The molecule has 1 unspecified atom stereocenters. The lowest BCUT2D eigenvalue weighted by Crippen LogP contribution is -2.54. The summed E-state index contributed by atoms with van der Waals surface area (Å²) in [4.78, 5) is 18.0. The highest BCUT2D eigenvalue weighted by atomic mass is 35.5. The number of carbonyl (C=O) groups excluding carboxylic acids is 1. The van der Waals surface area contributed by atoms with E-state index in [1.165, 1.54) is 0 Å². The monoisotopic (exact) mass is 407 g/mol. The van der Waals surface area contributed by atoms with Crippen LogP contribution in [0.15, 0.2) is 17.5 Å². The number of nitrogens with zero attached hydrogens (tertiary/aromatic N) is 2. The number of halogens is 1. The maximum Gasteiger partial charge on any atom is 0.237 e. The number of sulfone groups is 1. The van der Waals surface area contributed by atoms with E-state index in [4.69, 9.17) is 0 Å². The Morgan fingerprint density at radius 2 is 2.28 bits per heavy atom. The molecule has 2 fully saturated rings. The molecule has 0 bridgehead atoms. The topological polar surface area (TPSA) is 69.7 Å². The van der Waals surface area contributed by atoms with Gasteiger partial charge in [-0.25, -0.2) is 8.42 Å². The molecule has 2 atom stereocenters. The van der Waals surface area contributed by atoms with Crippen LogP contribution in [0.4, 0.5) is 0 Å². The Bertz CT molecular complexity index is 666. The summed E-state index contributed by atoms with van der Waals surface area (Å²) < 4.78 is 23.7. The van der Waals surface area contributed by atoms with Crippen molar-refractivity contribution in [1.29, 1.82) is 0 Å². The van der Waals surface area contributed by atoms with Gasteiger partial charge in [-0.1, -0.05) is 6.07 Å². The first-order chi connectivity index (χ1) is 11.4. The van der Waals surface area contributed by atoms with Gasteiger partial charge in [-0.15, -0.1) is 23.7 Å². The van der Waals surface area contributed by atoms with Crippen LogP contribution in [0.25, 0.3) is 0 Å². The molecule has 3 heterocycles. The Kier molecular flexibility index (Phi) is 7.28. The molecule has 2 aliphatic rings. The standard InChI is InChI=1S/C16H25N3O3S2.ClH/c1-13-9-17-5-6-18(13)11-16(20)19(10-15-3-2-7-23-15)14-4-8-24(21,22)12-14;/h2-3,7,13-14,17H,4-6,8-12H2,1H3;1H/t13-,14?;/m1./s1. The summed E-state index contributed by atoms with van der Waals surface area (Å²) in [5.41, 5.74) is 0. The number of thiophene rings is 1. The molecule has 0 saturated carbocycles. The van der Waals surface area contributed by atoms with Crippen LogP contribution >= 0.6 is 23.7 Å². The van der Waals surface area contributed by atoms with Crippen LogP contribution in [0.5, 0.6) is 0 Å². The third-order valence-electron chi connectivity index (χ3n) is 4.85. The maximum atomic E-state index is 13.0. The third kappa shape index (κ3) is 5.40. The summed E-state index contributed by atoms with van der Waals surface area (Å²) in [6, 6.07) is 4.09. The maximum absolute atomic E-state index is 13.0. The molecule has 0 spiro atoms. The average Bonchev–Trinajstić information content (AvgIpc) is 3.16. The van der Waals surface area contributed by atoms with Gasteiger partial charge in [0.25, 0.3) is 0 Å². The van der Waals surface area contributed by atoms with E-state index < -0.39 is 9.84 Å². The van der Waals surface area contributed by atoms with Crippen molar-refractivity contribution in [2.24, 2.45) is 0 Å². The van der Waals surface area contributed by atoms with Crippen LogP contribution in [0.1, 0.15) is 18.2 Å². The van der Waals surface area contributed by atoms with Crippen molar-refractivity contribution in [2.75, 3.05) is 37.7 Å². The van der Waals surface area contributed by atoms with Crippen molar-refractivity contribution in [1.82, 2.24) is 15.1 Å². The fourth-order valence-corrected chi connectivity index (χ4v) is 5.83. The van der Waals surface area contributed by atoms with Gasteiger partial charge in [0.1, 0.15) is 0 Å². The molecule has 142 valence electrons. The Morgan fingerprint density at radius 3 is 2.88 bits per heavy atom. The van der Waals surface area contributed by atoms with E-state index in [9.17, 15) is 13.2 Å². The van der Waals surface area contributed by atoms with Crippen molar-refractivity contribution in [3.8, 4) is 0 Å². The first-order valence-electron chi connectivity index (χ1n) is 8.41. The molecule has 1 amide bonds. The predicted octanol–water partition coefficient (Wildman–Crippen LogP) is 0.979. The number of piperazine rings is 1. The minimum Gasteiger partial charge on any atom is -0.332 e.